The summed E-state index contributed by atoms with van der Waals surface area (Å²) in [5.74, 6) is 0. The molecule has 0 saturated carbocycles. The molecule has 0 aromatic heterocycles. The average molecular weight is 285 g/mol. The van der Waals surface area contributed by atoms with E-state index < -0.39 is 0 Å². The van der Waals surface area contributed by atoms with E-state index in [0.717, 1.165) is 37.2 Å². The molecule has 1 heterocycles. The molecular formula is C13H17ClN2OS. The number of halogens is 1. The second kappa shape index (κ2) is 5.87. The molecule has 1 aliphatic rings. The number of nitrogens with zero attached hydrogens (tertiary/aromatic N) is 1. The molecule has 5 heteroatoms. The van der Waals surface area contributed by atoms with Gasteiger partial charge in [-0.05, 0) is 31.0 Å². The number of nitrogens with two attached hydrogens (primary N) is 1. The molecule has 1 fully saturated rings. The number of anilines is 1. The normalized spacial score (nSPS) is 19.9. The summed E-state index contributed by atoms with van der Waals surface area (Å²) >= 11 is 11.2. The zero-order valence-electron chi connectivity index (χ0n) is 10.4. The number of benzene rings is 1. The third-order valence-electron chi connectivity index (χ3n) is 3.28. The monoisotopic (exact) mass is 284 g/mol. The molecule has 0 radical (unpaired) electrons. The van der Waals surface area contributed by atoms with Gasteiger partial charge in [-0.1, -0.05) is 23.8 Å². The fraction of sp³-hybridized carbons (Fsp3) is 0.462. The molecule has 1 atom stereocenters. The Kier molecular flexibility index (Phi) is 4.43. The van der Waals surface area contributed by atoms with Crippen molar-refractivity contribution in [3.05, 3.63) is 28.8 Å². The van der Waals surface area contributed by atoms with Gasteiger partial charge >= 0.3 is 0 Å². The van der Waals surface area contributed by atoms with Crippen LogP contribution in [0.2, 0.25) is 5.02 Å². The van der Waals surface area contributed by atoms with Crippen LogP contribution in [0.5, 0.6) is 0 Å². The quantitative estimate of drug-likeness (QED) is 0.866. The van der Waals surface area contributed by atoms with Crippen molar-refractivity contribution in [1.29, 1.82) is 0 Å². The number of ether oxygens (including phenoxy) is 1. The maximum Gasteiger partial charge on any atom is 0.106 e. The first-order valence-electron chi connectivity index (χ1n) is 5.99. The van der Waals surface area contributed by atoms with Gasteiger partial charge in [0.25, 0.3) is 0 Å². The largest absolute Gasteiger partial charge is 0.389 e. The van der Waals surface area contributed by atoms with Gasteiger partial charge in [0, 0.05) is 36.5 Å². The van der Waals surface area contributed by atoms with E-state index in [-0.39, 0.29) is 6.10 Å². The highest BCUT2D eigenvalue weighted by Gasteiger charge is 2.22. The Morgan fingerprint density at radius 2 is 2.33 bits per heavy atom. The van der Waals surface area contributed by atoms with E-state index in [1.54, 1.807) is 7.11 Å². The van der Waals surface area contributed by atoms with Gasteiger partial charge in [-0.15, -0.1) is 0 Å². The second-order valence-electron chi connectivity index (χ2n) is 4.47. The van der Waals surface area contributed by atoms with Gasteiger partial charge in [0.15, 0.2) is 0 Å². The summed E-state index contributed by atoms with van der Waals surface area (Å²) in [6.45, 7) is 1.84. The summed E-state index contributed by atoms with van der Waals surface area (Å²) in [4.78, 5) is 2.65. The second-order valence-corrected chi connectivity index (χ2v) is 5.35. The van der Waals surface area contributed by atoms with Crippen LogP contribution in [0.25, 0.3) is 0 Å². The van der Waals surface area contributed by atoms with E-state index >= 15 is 0 Å². The fourth-order valence-electron chi connectivity index (χ4n) is 2.32. The maximum atomic E-state index is 6.07. The minimum Gasteiger partial charge on any atom is -0.389 e. The lowest BCUT2D eigenvalue weighted by Crippen LogP contribution is -2.40. The van der Waals surface area contributed by atoms with Crippen molar-refractivity contribution in [2.24, 2.45) is 5.73 Å². The lowest BCUT2D eigenvalue weighted by molar-refractivity contribution is 0.0893. The van der Waals surface area contributed by atoms with Crippen LogP contribution in [0.3, 0.4) is 0 Å². The van der Waals surface area contributed by atoms with E-state index in [0.29, 0.717) is 10.0 Å². The van der Waals surface area contributed by atoms with Gasteiger partial charge in [-0.2, -0.15) is 0 Å². The smallest absolute Gasteiger partial charge is 0.106 e. The molecule has 1 unspecified atom stereocenters. The summed E-state index contributed by atoms with van der Waals surface area (Å²) in [5, 5.41) is 0.699. The van der Waals surface area contributed by atoms with Gasteiger partial charge in [0.1, 0.15) is 4.99 Å². The van der Waals surface area contributed by atoms with Crippen LogP contribution in [0.1, 0.15) is 18.4 Å². The molecule has 98 valence electrons. The minimum atomic E-state index is 0.261. The summed E-state index contributed by atoms with van der Waals surface area (Å²) < 4.78 is 5.43. The van der Waals surface area contributed by atoms with Gasteiger partial charge in [-0.25, -0.2) is 0 Å². The van der Waals surface area contributed by atoms with Crippen molar-refractivity contribution in [3.8, 4) is 0 Å². The fourth-order valence-corrected chi connectivity index (χ4v) is 2.66. The first-order chi connectivity index (χ1) is 8.61. The number of thiocarbonyl (C=S) groups is 1. The Hall–Kier alpha value is -0.840. The Labute approximate surface area is 118 Å². The molecular weight excluding hydrogens is 268 g/mol. The summed E-state index contributed by atoms with van der Waals surface area (Å²) in [6, 6.07) is 5.63. The topological polar surface area (TPSA) is 38.5 Å². The molecule has 1 saturated heterocycles. The van der Waals surface area contributed by atoms with Gasteiger partial charge in [0.05, 0.1) is 6.10 Å². The molecule has 2 rings (SSSR count). The molecule has 0 spiro atoms. The Balaban J connectivity index is 2.31. The Bertz CT molecular complexity index is 453. The first-order valence-corrected chi connectivity index (χ1v) is 6.77. The highest BCUT2D eigenvalue weighted by atomic mass is 35.5. The lowest BCUT2D eigenvalue weighted by atomic mass is 10.1. The molecule has 18 heavy (non-hydrogen) atoms. The van der Waals surface area contributed by atoms with Crippen molar-refractivity contribution in [1.82, 2.24) is 0 Å². The summed E-state index contributed by atoms with van der Waals surface area (Å²) in [6.07, 6.45) is 2.45. The van der Waals surface area contributed by atoms with Gasteiger partial charge < -0.3 is 15.4 Å². The van der Waals surface area contributed by atoms with Gasteiger partial charge in [-0.3, -0.25) is 0 Å². The molecule has 0 bridgehead atoms. The first kappa shape index (κ1) is 13.6. The zero-order valence-corrected chi connectivity index (χ0v) is 11.9. The van der Waals surface area contributed by atoms with Crippen molar-refractivity contribution in [3.63, 3.8) is 0 Å². The number of hydrogen-bond donors (Lipinski definition) is 1. The third-order valence-corrected chi connectivity index (χ3v) is 3.73. The van der Waals surface area contributed by atoms with Crippen molar-refractivity contribution in [2.75, 3.05) is 25.1 Å². The molecule has 1 aromatic carbocycles. The SMILES string of the molecule is COC1CCCN(c2cc(Cl)ccc2C(N)=S)C1. The average Bonchev–Trinajstić information content (AvgIpc) is 2.38. The zero-order chi connectivity index (χ0) is 13.1. The van der Waals surface area contributed by atoms with Crippen LogP contribution in [-0.4, -0.2) is 31.3 Å². The van der Waals surface area contributed by atoms with Crippen LogP contribution in [0.4, 0.5) is 5.69 Å². The molecule has 0 amide bonds. The number of rotatable bonds is 3. The van der Waals surface area contributed by atoms with Crippen LogP contribution >= 0.6 is 23.8 Å². The molecule has 2 N–H and O–H groups in total. The molecule has 0 aliphatic carbocycles. The van der Waals surface area contributed by atoms with Crippen LogP contribution in [0.15, 0.2) is 18.2 Å². The van der Waals surface area contributed by atoms with Crippen molar-refractivity contribution in [2.45, 2.75) is 18.9 Å². The maximum absolute atomic E-state index is 6.07. The summed E-state index contributed by atoms with van der Waals surface area (Å²) in [5.41, 5.74) is 7.66. The van der Waals surface area contributed by atoms with Crippen LogP contribution in [0, 0.1) is 0 Å². The van der Waals surface area contributed by atoms with E-state index in [4.69, 9.17) is 34.3 Å². The number of hydrogen-bond acceptors (Lipinski definition) is 3. The number of piperidine rings is 1. The van der Waals surface area contributed by atoms with E-state index in [1.165, 1.54) is 0 Å². The van der Waals surface area contributed by atoms with Crippen LogP contribution in [-0.2, 0) is 4.74 Å². The standard InChI is InChI=1S/C13H17ClN2OS/c1-17-10-3-2-6-16(8-10)12-7-9(14)4-5-11(12)13(15)18/h4-5,7,10H,2-3,6,8H2,1H3,(H2,15,18). The predicted molar refractivity (Wildman–Crippen MR) is 79.6 cm³/mol. The van der Waals surface area contributed by atoms with E-state index in [9.17, 15) is 0 Å². The molecule has 1 aliphatic heterocycles. The highest BCUT2D eigenvalue weighted by molar-refractivity contribution is 7.80. The van der Waals surface area contributed by atoms with Crippen molar-refractivity contribution >= 4 is 34.5 Å². The minimum absolute atomic E-state index is 0.261. The van der Waals surface area contributed by atoms with Crippen molar-refractivity contribution < 1.29 is 4.74 Å². The van der Waals surface area contributed by atoms with E-state index in [1.807, 2.05) is 18.2 Å². The van der Waals surface area contributed by atoms with Crippen LogP contribution < -0.4 is 10.6 Å². The number of methoxy groups -OCH3 is 1. The summed E-state index contributed by atoms with van der Waals surface area (Å²) in [7, 11) is 1.75. The van der Waals surface area contributed by atoms with E-state index in [2.05, 4.69) is 4.90 Å². The highest BCUT2D eigenvalue weighted by Crippen LogP contribution is 2.28. The predicted octanol–water partition coefficient (Wildman–Crippen LogP) is 2.59. The Morgan fingerprint density at radius 3 is 3.00 bits per heavy atom. The molecule has 1 aromatic rings. The lowest BCUT2D eigenvalue weighted by Gasteiger charge is -2.34. The molecule has 3 nitrogen and oxygen atoms in total. The Morgan fingerprint density at radius 1 is 1.56 bits per heavy atom. The third kappa shape index (κ3) is 2.94. The van der Waals surface area contributed by atoms with Gasteiger partial charge in [0.2, 0.25) is 0 Å².